The van der Waals surface area contributed by atoms with E-state index in [-0.39, 0.29) is 12.6 Å². The molecule has 1 saturated carbocycles. The number of ether oxygens (including phenoxy) is 1. The molecule has 0 aliphatic heterocycles. The van der Waals surface area contributed by atoms with Gasteiger partial charge >= 0.3 is 5.97 Å². The van der Waals surface area contributed by atoms with E-state index in [0.29, 0.717) is 24.8 Å². The van der Waals surface area contributed by atoms with Gasteiger partial charge in [0.25, 0.3) is 0 Å². The number of esters is 1. The third kappa shape index (κ3) is 3.48. The molecule has 1 N–H and O–H groups in total. The summed E-state index contributed by atoms with van der Waals surface area (Å²) in [6.07, 6.45) is 6.29. The molecule has 5 nitrogen and oxygen atoms in total. The fraction of sp³-hybridized carbons (Fsp3) is 0.600. The zero-order valence-electron chi connectivity index (χ0n) is 11.9. The summed E-state index contributed by atoms with van der Waals surface area (Å²) in [6.45, 7) is 2.83. The smallest absolute Gasteiger partial charge is 0.339 e. The number of aliphatic hydroxyl groups excluding tert-OH is 1. The second-order valence-electron chi connectivity index (χ2n) is 4.98. The number of hydrogen-bond donors (Lipinski definition) is 1. The maximum absolute atomic E-state index is 11.6. The molecule has 0 spiro atoms. The highest BCUT2D eigenvalue weighted by Crippen LogP contribution is 2.26. The van der Waals surface area contributed by atoms with Gasteiger partial charge in [0.15, 0.2) is 0 Å². The SMILES string of the molecule is CCOC(=O)c1ccc(N(CCO)C2CCCC2)nc1. The molecule has 0 bridgehead atoms. The summed E-state index contributed by atoms with van der Waals surface area (Å²) in [7, 11) is 0. The summed E-state index contributed by atoms with van der Waals surface area (Å²) in [5.74, 6) is 0.472. The van der Waals surface area contributed by atoms with Crippen molar-refractivity contribution in [2.24, 2.45) is 0 Å². The minimum absolute atomic E-state index is 0.109. The number of aromatic nitrogens is 1. The fourth-order valence-corrected chi connectivity index (χ4v) is 2.70. The first-order valence-corrected chi connectivity index (χ1v) is 7.27. The van der Waals surface area contributed by atoms with Crippen LogP contribution >= 0.6 is 0 Å². The number of carbonyl (C=O) groups is 1. The lowest BCUT2D eigenvalue weighted by Crippen LogP contribution is -2.36. The Morgan fingerprint density at radius 1 is 1.45 bits per heavy atom. The molecule has 1 heterocycles. The third-order valence-corrected chi connectivity index (χ3v) is 3.66. The Morgan fingerprint density at radius 3 is 2.75 bits per heavy atom. The molecule has 2 rings (SSSR count). The number of rotatable bonds is 6. The van der Waals surface area contributed by atoms with Gasteiger partial charge in [-0.3, -0.25) is 0 Å². The number of nitrogens with zero attached hydrogens (tertiary/aromatic N) is 2. The molecule has 1 aliphatic rings. The highest BCUT2D eigenvalue weighted by molar-refractivity contribution is 5.89. The second kappa shape index (κ2) is 7.24. The molecule has 20 heavy (non-hydrogen) atoms. The van der Waals surface area contributed by atoms with Gasteiger partial charge in [0.2, 0.25) is 0 Å². The Labute approximate surface area is 119 Å². The van der Waals surface area contributed by atoms with Crippen molar-refractivity contribution in [1.29, 1.82) is 0 Å². The first kappa shape index (κ1) is 14.8. The quantitative estimate of drug-likeness (QED) is 0.806. The Hall–Kier alpha value is -1.62. The zero-order chi connectivity index (χ0) is 14.4. The first-order valence-electron chi connectivity index (χ1n) is 7.27. The van der Waals surface area contributed by atoms with Gasteiger partial charge in [-0.2, -0.15) is 0 Å². The monoisotopic (exact) mass is 278 g/mol. The van der Waals surface area contributed by atoms with Crippen LogP contribution in [0.15, 0.2) is 18.3 Å². The lowest BCUT2D eigenvalue weighted by Gasteiger charge is -2.29. The van der Waals surface area contributed by atoms with Crippen LogP contribution in [0.25, 0.3) is 0 Å². The van der Waals surface area contributed by atoms with E-state index in [0.717, 1.165) is 18.7 Å². The molecule has 110 valence electrons. The van der Waals surface area contributed by atoms with E-state index >= 15 is 0 Å². The van der Waals surface area contributed by atoms with E-state index in [9.17, 15) is 9.90 Å². The molecule has 0 aromatic carbocycles. The zero-order valence-corrected chi connectivity index (χ0v) is 11.9. The Bertz CT molecular complexity index is 427. The van der Waals surface area contributed by atoms with Crippen molar-refractivity contribution < 1.29 is 14.6 Å². The molecular weight excluding hydrogens is 256 g/mol. The summed E-state index contributed by atoms with van der Waals surface area (Å²) in [6, 6.07) is 4.02. The van der Waals surface area contributed by atoms with Crippen molar-refractivity contribution >= 4 is 11.8 Å². The van der Waals surface area contributed by atoms with Crippen LogP contribution < -0.4 is 4.90 Å². The predicted octanol–water partition coefficient (Wildman–Crippen LogP) is 2.00. The molecule has 1 aromatic rings. The molecule has 5 heteroatoms. The fourth-order valence-electron chi connectivity index (χ4n) is 2.70. The van der Waals surface area contributed by atoms with E-state index in [1.165, 1.54) is 12.8 Å². The van der Waals surface area contributed by atoms with E-state index < -0.39 is 0 Å². The number of carbonyl (C=O) groups excluding carboxylic acids is 1. The van der Waals surface area contributed by atoms with Crippen molar-refractivity contribution in [2.45, 2.75) is 38.6 Å². The van der Waals surface area contributed by atoms with Crippen LogP contribution in [-0.2, 0) is 4.74 Å². The number of anilines is 1. The summed E-state index contributed by atoms with van der Waals surface area (Å²) in [5.41, 5.74) is 0.464. The molecule has 1 aromatic heterocycles. The van der Waals surface area contributed by atoms with Crippen molar-refractivity contribution in [2.75, 3.05) is 24.7 Å². The van der Waals surface area contributed by atoms with Gasteiger partial charge in [-0.05, 0) is 31.9 Å². The molecule has 0 unspecified atom stereocenters. The van der Waals surface area contributed by atoms with Gasteiger partial charge in [0.05, 0.1) is 18.8 Å². The van der Waals surface area contributed by atoms with E-state index in [4.69, 9.17) is 4.74 Å². The van der Waals surface area contributed by atoms with Crippen molar-refractivity contribution in [1.82, 2.24) is 4.98 Å². The van der Waals surface area contributed by atoms with Crippen molar-refractivity contribution in [3.63, 3.8) is 0 Å². The number of pyridine rings is 1. The average Bonchev–Trinajstić information content (AvgIpc) is 2.99. The topological polar surface area (TPSA) is 62.7 Å². The molecule has 0 radical (unpaired) electrons. The lowest BCUT2D eigenvalue weighted by molar-refractivity contribution is 0.0526. The highest BCUT2D eigenvalue weighted by atomic mass is 16.5. The molecule has 0 saturated heterocycles. The summed E-state index contributed by atoms with van der Waals surface area (Å²) in [4.78, 5) is 18.1. The summed E-state index contributed by atoms with van der Waals surface area (Å²) >= 11 is 0. The second-order valence-corrected chi connectivity index (χ2v) is 4.98. The normalized spacial score (nSPS) is 15.3. The maximum Gasteiger partial charge on any atom is 0.339 e. The maximum atomic E-state index is 11.6. The summed E-state index contributed by atoms with van der Waals surface area (Å²) in [5, 5.41) is 9.23. The van der Waals surface area contributed by atoms with Crippen LogP contribution in [0.4, 0.5) is 5.82 Å². The first-order chi connectivity index (χ1) is 9.76. The highest BCUT2D eigenvalue weighted by Gasteiger charge is 2.23. The van der Waals surface area contributed by atoms with Crippen LogP contribution in [-0.4, -0.2) is 41.9 Å². The van der Waals surface area contributed by atoms with Gasteiger partial charge in [0, 0.05) is 18.8 Å². The van der Waals surface area contributed by atoms with Crippen LogP contribution in [0.2, 0.25) is 0 Å². The molecule has 0 amide bonds. The minimum Gasteiger partial charge on any atom is -0.462 e. The van der Waals surface area contributed by atoms with E-state index in [1.807, 2.05) is 6.07 Å². The predicted molar refractivity (Wildman–Crippen MR) is 76.9 cm³/mol. The van der Waals surface area contributed by atoms with Gasteiger partial charge in [0.1, 0.15) is 5.82 Å². The number of aliphatic hydroxyl groups is 1. The van der Waals surface area contributed by atoms with E-state index in [1.54, 1.807) is 19.2 Å². The Morgan fingerprint density at radius 2 is 2.20 bits per heavy atom. The Kier molecular flexibility index (Phi) is 5.35. The summed E-state index contributed by atoms with van der Waals surface area (Å²) < 4.78 is 4.94. The number of hydrogen-bond acceptors (Lipinski definition) is 5. The average molecular weight is 278 g/mol. The molecule has 1 fully saturated rings. The largest absolute Gasteiger partial charge is 0.462 e. The minimum atomic E-state index is -0.346. The van der Waals surface area contributed by atoms with E-state index in [2.05, 4.69) is 9.88 Å². The Balaban J connectivity index is 2.11. The van der Waals surface area contributed by atoms with Crippen LogP contribution in [0.5, 0.6) is 0 Å². The van der Waals surface area contributed by atoms with Crippen LogP contribution in [0.3, 0.4) is 0 Å². The standard InChI is InChI=1S/C15H22N2O3/c1-2-20-15(19)12-7-8-14(16-11-12)17(9-10-18)13-5-3-4-6-13/h7-8,11,13,18H,2-6,9-10H2,1H3. The molecule has 1 aliphatic carbocycles. The van der Waals surface area contributed by atoms with Crippen LogP contribution in [0.1, 0.15) is 43.0 Å². The van der Waals surface area contributed by atoms with Crippen molar-refractivity contribution in [3.05, 3.63) is 23.9 Å². The van der Waals surface area contributed by atoms with Crippen molar-refractivity contribution in [3.8, 4) is 0 Å². The molecular formula is C15H22N2O3. The lowest BCUT2D eigenvalue weighted by atomic mass is 10.2. The van der Waals surface area contributed by atoms with Gasteiger partial charge in [-0.1, -0.05) is 12.8 Å². The molecule has 0 atom stereocenters. The third-order valence-electron chi connectivity index (χ3n) is 3.66. The van der Waals surface area contributed by atoms with Crippen LogP contribution in [0, 0.1) is 0 Å². The van der Waals surface area contributed by atoms with Gasteiger partial charge in [-0.25, -0.2) is 9.78 Å². The van der Waals surface area contributed by atoms with Gasteiger partial charge in [-0.15, -0.1) is 0 Å². The van der Waals surface area contributed by atoms with Gasteiger partial charge < -0.3 is 14.7 Å².